The van der Waals surface area contributed by atoms with Crippen molar-refractivity contribution < 1.29 is 24.2 Å². The Morgan fingerprint density at radius 3 is 1.02 bits per heavy atom. The molecule has 1 atom stereocenters. The maximum absolute atomic E-state index is 12.3. The first-order valence-corrected chi connectivity index (χ1v) is 25.7. The molecule has 0 saturated carbocycles. The van der Waals surface area contributed by atoms with Crippen LogP contribution >= 0.6 is 0 Å². The number of ether oxygens (including phenoxy) is 2. The number of esters is 2. The summed E-state index contributed by atoms with van der Waals surface area (Å²) < 4.78 is 10.7. The van der Waals surface area contributed by atoms with Gasteiger partial charge in [0.05, 0.1) is 6.61 Å². The first-order valence-electron chi connectivity index (χ1n) is 25.7. The van der Waals surface area contributed by atoms with Gasteiger partial charge in [-0.1, -0.05) is 223 Å². The van der Waals surface area contributed by atoms with Crippen molar-refractivity contribution in [2.24, 2.45) is 0 Å². The van der Waals surface area contributed by atoms with Gasteiger partial charge in [-0.15, -0.1) is 0 Å². The molecule has 5 heteroatoms. The van der Waals surface area contributed by atoms with Crippen molar-refractivity contribution in [3.8, 4) is 0 Å². The van der Waals surface area contributed by atoms with E-state index < -0.39 is 6.10 Å². The minimum Gasteiger partial charge on any atom is -0.462 e. The van der Waals surface area contributed by atoms with Crippen molar-refractivity contribution in [2.45, 2.75) is 270 Å². The lowest BCUT2D eigenvalue weighted by Gasteiger charge is -2.15. The average Bonchev–Trinajstić information content (AvgIpc) is 3.24. The molecule has 0 aromatic carbocycles. The summed E-state index contributed by atoms with van der Waals surface area (Å²) in [4.78, 5) is 24.4. The number of aliphatic hydroxyl groups excluding tert-OH is 1. The molecule has 0 saturated heterocycles. The third-order valence-corrected chi connectivity index (χ3v) is 11.3. The maximum Gasteiger partial charge on any atom is 0.306 e. The fourth-order valence-corrected chi connectivity index (χ4v) is 7.44. The van der Waals surface area contributed by atoms with Crippen LogP contribution in [-0.2, 0) is 19.1 Å². The van der Waals surface area contributed by atoms with Crippen LogP contribution in [0.4, 0.5) is 0 Å². The minimum atomic E-state index is -0.775. The van der Waals surface area contributed by atoms with Crippen LogP contribution in [0.25, 0.3) is 0 Å². The first-order chi connectivity index (χ1) is 29.1. The van der Waals surface area contributed by atoms with Crippen molar-refractivity contribution in [3.63, 3.8) is 0 Å². The monoisotopic (exact) mass is 827 g/mol. The lowest BCUT2D eigenvalue weighted by Crippen LogP contribution is -2.28. The van der Waals surface area contributed by atoms with Gasteiger partial charge in [0.15, 0.2) is 6.10 Å². The molecule has 0 spiro atoms. The Morgan fingerprint density at radius 2 is 0.678 bits per heavy atom. The van der Waals surface area contributed by atoms with E-state index >= 15 is 0 Å². The van der Waals surface area contributed by atoms with Crippen molar-refractivity contribution in [3.05, 3.63) is 48.6 Å². The van der Waals surface area contributed by atoms with Gasteiger partial charge < -0.3 is 14.6 Å². The highest BCUT2D eigenvalue weighted by molar-refractivity contribution is 5.70. The first kappa shape index (κ1) is 56.9. The highest BCUT2D eigenvalue weighted by Crippen LogP contribution is 2.16. The summed E-state index contributed by atoms with van der Waals surface area (Å²) in [7, 11) is 0. The van der Waals surface area contributed by atoms with Crippen LogP contribution in [0, 0.1) is 0 Å². The van der Waals surface area contributed by atoms with E-state index in [9.17, 15) is 14.7 Å². The van der Waals surface area contributed by atoms with Crippen LogP contribution in [0.5, 0.6) is 0 Å². The third-order valence-electron chi connectivity index (χ3n) is 11.3. The predicted molar refractivity (Wildman–Crippen MR) is 256 cm³/mol. The maximum atomic E-state index is 12.3. The van der Waals surface area contributed by atoms with Crippen LogP contribution in [0.3, 0.4) is 0 Å². The Hall–Kier alpha value is -2.14. The van der Waals surface area contributed by atoms with Gasteiger partial charge in [-0.05, 0) is 77.0 Å². The summed E-state index contributed by atoms with van der Waals surface area (Å²) in [5, 5.41) is 9.62. The predicted octanol–water partition coefficient (Wildman–Crippen LogP) is 16.9. The van der Waals surface area contributed by atoms with E-state index in [4.69, 9.17) is 9.47 Å². The summed E-state index contributed by atoms with van der Waals surface area (Å²) in [6.45, 7) is 4.13. The molecule has 0 aliphatic carbocycles. The molecule has 59 heavy (non-hydrogen) atoms. The van der Waals surface area contributed by atoms with Gasteiger partial charge in [0, 0.05) is 12.8 Å². The van der Waals surface area contributed by atoms with E-state index in [-0.39, 0.29) is 25.2 Å². The number of hydrogen-bond acceptors (Lipinski definition) is 5. The smallest absolute Gasteiger partial charge is 0.306 e. The highest BCUT2D eigenvalue weighted by atomic mass is 16.6. The third kappa shape index (κ3) is 48.4. The molecular weight excluding hydrogens is 729 g/mol. The molecule has 0 amide bonds. The quantitative estimate of drug-likeness (QED) is 0.0376. The molecule has 0 rings (SSSR count). The second kappa shape index (κ2) is 50.2. The van der Waals surface area contributed by atoms with E-state index in [1.54, 1.807) is 0 Å². The van der Waals surface area contributed by atoms with Crippen LogP contribution in [0.15, 0.2) is 48.6 Å². The second-order valence-electron chi connectivity index (χ2n) is 17.2. The van der Waals surface area contributed by atoms with E-state index in [1.807, 2.05) is 0 Å². The van der Waals surface area contributed by atoms with Crippen LogP contribution in [0.2, 0.25) is 0 Å². The number of hydrogen-bond donors (Lipinski definition) is 1. The van der Waals surface area contributed by atoms with Gasteiger partial charge in [-0.3, -0.25) is 9.59 Å². The molecular formula is C54H98O5. The van der Waals surface area contributed by atoms with Gasteiger partial charge >= 0.3 is 11.9 Å². The number of aliphatic hydroxyl groups is 1. The summed E-state index contributed by atoms with van der Waals surface area (Å²) >= 11 is 0. The number of allylic oxidation sites excluding steroid dienone is 8. The van der Waals surface area contributed by atoms with Gasteiger partial charge in [0.1, 0.15) is 6.61 Å². The van der Waals surface area contributed by atoms with Gasteiger partial charge in [0.25, 0.3) is 0 Å². The highest BCUT2D eigenvalue weighted by Gasteiger charge is 2.16. The zero-order valence-corrected chi connectivity index (χ0v) is 39.3. The van der Waals surface area contributed by atoms with Gasteiger partial charge in [0.2, 0.25) is 0 Å². The number of carbonyl (C=O) groups excluding carboxylic acids is 2. The molecule has 0 aliphatic rings. The summed E-state index contributed by atoms with van der Waals surface area (Å²) in [6, 6.07) is 0. The zero-order valence-electron chi connectivity index (χ0n) is 39.3. The molecule has 5 nitrogen and oxygen atoms in total. The molecule has 0 bridgehead atoms. The molecule has 0 aliphatic heterocycles. The fourth-order valence-electron chi connectivity index (χ4n) is 7.44. The molecule has 1 unspecified atom stereocenters. The minimum absolute atomic E-state index is 0.0686. The summed E-state index contributed by atoms with van der Waals surface area (Å²) in [6.07, 6.45) is 64.9. The molecule has 1 N–H and O–H groups in total. The van der Waals surface area contributed by atoms with Crippen molar-refractivity contribution in [2.75, 3.05) is 13.2 Å². The lowest BCUT2D eigenvalue weighted by atomic mass is 10.0. The SMILES string of the molecule is CCCCCC/C=C\C/C=C\CCCCCCCCCC(=O)OCC(CO)OC(=O)CCCCCCCCCCCCCCCCC/C=C\C/C=C\CCCCCCC. The summed E-state index contributed by atoms with van der Waals surface area (Å²) in [5.41, 5.74) is 0. The zero-order chi connectivity index (χ0) is 42.8. The lowest BCUT2D eigenvalue weighted by molar-refractivity contribution is -0.161. The standard InChI is InChI=1S/C54H98O5/c1-3-5-7-9-11-13-15-17-19-21-23-24-25-26-27-28-29-30-31-33-35-37-39-41-43-45-47-49-54(57)59-52(50-55)51-58-53(56)48-46-44-42-40-38-36-34-32-22-20-18-16-14-12-10-8-6-4-2/h14-17,20-23,52,55H,3-13,18-19,24-51H2,1-2H3/b16-14-,17-15-,22-20-,23-21-. The van der Waals surface area contributed by atoms with E-state index in [2.05, 4.69) is 62.5 Å². The number of carbonyl (C=O) groups is 2. The Balaban J connectivity index is 3.48. The van der Waals surface area contributed by atoms with Gasteiger partial charge in [-0.2, -0.15) is 0 Å². The Kier molecular flexibility index (Phi) is 48.4. The summed E-state index contributed by atoms with van der Waals surface area (Å²) in [5.74, 6) is -0.591. The van der Waals surface area contributed by atoms with Crippen LogP contribution < -0.4 is 0 Å². The average molecular weight is 827 g/mol. The molecule has 0 aromatic rings. The molecule has 0 heterocycles. The second-order valence-corrected chi connectivity index (χ2v) is 17.2. The normalized spacial score (nSPS) is 12.5. The Bertz CT molecular complexity index is 981. The van der Waals surface area contributed by atoms with Crippen molar-refractivity contribution in [1.82, 2.24) is 0 Å². The van der Waals surface area contributed by atoms with Crippen LogP contribution in [-0.4, -0.2) is 36.4 Å². The van der Waals surface area contributed by atoms with Crippen LogP contribution in [0.1, 0.15) is 264 Å². The van der Waals surface area contributed by atoms with Crippen molar-refractivity contribution >= 4 is 11.9 Å². The molecule has 344 valence electrons. The molecule has 0 aromatic heterocycles. The fraction of sp³-hybridized carbons (Fsp3) is 0.815. The number of unbranched alkanes of at least 4 members (excludes halogenated alkanes) is 31. The molecule has 0 fully saturated rings. The molecule has 0 radical (unpaired) electrons. The number of rotatable bonds is 47. The van der Waals surface area contributed by atoms with E-state index in [0.717, 1.165) is 51.4 Å². The van der Waals surface area contributed by atoms with Crippen molar-refractivity contribution in [1.29, 1.82) is 0 Å². The topological polar surface area (TPSA) is 72.8 Å². The largest absolute Gasteiger partial charge is 0.462 e. The van der Waals surface area contributed by atoms with Gasteiger partial charge in [-0.25, -0.2) is 0 Å². The van der Waals surface area contributed by atoms with E-state index in [0.29, 0.717) is 12.8 Å². The Morgan fingerprint density at radius 1 is 0.390 bits per heavy atom. The van der Waals surface area contributed by atoms with E-state index in [1.165, 1.54) is 186 Å². The Labute approximate surface area is 367 Å².